The van der Waals surface area contributed by atoms with Crippen molar-refractivity contribution in [2.75, 3.05) is 7.11 Å². The summed E-state index contributed by atoms with van der Waals surface area (Å²) in [5.74, 6) is -1.67. The summed E-state index contributed by atoms with van der Waals surface area (Å²) in [5.41, 5.74) is -0.673. The van der Waals surface area contributed by atoms with E-state index in [1.54, 1.807) is 0 Å². The van der Waals surface area contributed by atoms with Crippen LogP contribution in [-0.4, -0.2) is 18.7 Å². The van der Waals surface area contributed by atoms with Crippen LogP contribution in [-0.2, 0) is 9.53 Å². The van der Waals surface area contributed by atoms with Crippen molar-refractivity contribution >= 4 is 5.97 Å². The molecule has 18 heavy (non-hydrogen) atoms. The largest absolute Gasteiger partial charge is 0.486 e. The van der Waals surface area contributed by atoms with Crippen LogP contribution in [0.5, 0.6) is 5.75 Å². The monoisotopic (exact) mass is 256 g/mol. The fourth-order valence-corrected chi connectivity index (χ4v) is 2.06. The van der Waals surface area contributed by atoms with E-state index < -0.39 is 17.2 Å². The smallest absolute Gasteiger partial charge is 0.309 e. The zero-order valence-electron chi connectivity index (χ0n) is 10.0. The first-order chi connectivity index (χ1) is 8.53. The molecule has 0 aliphatic heterocycles. The molecular weight excluding hydrogens is 242 g/mol. The Morgan fingerprint density at radius 3 is 2.33 bits per heavy atom. The molecule has 0 saturated heterocycles. The van der Waals surface area contributed by atoms with Crippen LogP contribution < -0.4 is 4.74 Å². The average Bonchev–Trinajstić information content (AvgIpc) is 2.24. The zero-order chi connectivity index (χ0) is 13.2. The Bertz CT molecular complexity index is 435. The highest BCUT2D eigenvalue weighted by Gasteiger charge is 2.42. The Kier molecular flexibility index (Phi) is 3.50. The van der Waals surface area contributed by atoms with Crippen LogP contribution in [0.4, 0.5) is 8.78 Å². The summed E-state index contributed by atoms with van der Waals surface area (Å²) in [6, 6.07) is 3.00. The van der Waals surface area contributed by atoms with Crippen molar-refractivity contribution in [3.63, 3.8) is 0 Å². The Morgan fingerprint density at radius 2 is 1.89 bits per heavy atom. The van der Waals surface area contributed by atoms with E-state index in [0.29, 0.717) is 12.8 Å². The number of halogens is 2. The molecule has 5 heteroatoms. The molecular formula is C13H14F2O3. The van der Waals surface area contributed by atoms with E-state index in [-0.39, 0.29) is 18.1 Å². The van der Waals surface area contributed by atoms with Gasteiger partial charge in [0.1, 0.15) is 23.0 Å². The van der Waals surface area contributed by atoms with Crippen LogP contribution in [0.25, 0.3) is 0 Å². The second-order valence-corrected chi connectivity index (χ2v) is 4.50. The van der Waals surface area contributed by atoms with Crippen molar-refractivity contribution in [3.8, 4) is 5.75 Å². The zero-order valence-corrected chi connectivity index (χ0v) is 10.0. The Hall–Kier alpha value is -1.65. The molecule has 0 amide bonds. The molecule has 3 nitrogen and oxygen atoms in total. The number of rotatable bonds is 4. The van der Waals surface area contributed by atoms with Crippen molar-refractivity contribution in [3.05, 3.63) is 29.8 Å². The van der Waals surface area contributed by atoms with Gasteiger partial charge in [0, 0.05) is 18.2 Å². The summed E-state index contributed by atoms with van der Waals surface area (Å²) in [6.07, 6.45) is 2.39. The normalized spacial score (nSPS) is 16.8. The lowest BCUT2D eigenvalue weighted by Gasteiger charge is -2.41. The number of ether oxygens (including phenoxy) is 2. The van der Waals surface area contributed by atoms with E-state index in [2.05, 4.69) is 4.74 Å². The fraction of sp³-hybridized carbons (Fsp3) is 0.462. The van der Waals surface area contributed by atoms with Crippen LogP contribution in [0.1, 0.15) is 25.7 Å². The number of esters is 1. The van der Waals surface area contributed by atoms with Gasteiger partial charge in [-0.1, -0.05) is 0 Å². The summed E-state index contributed by atoms with van der Waals surface area (Å²) < 4.78 is 36.3. The third kappa shape index (κ3) is 2.78. The van der Waals surface area contributed by atoms with Crippen molar-refractivity contribution in [2.24, 2.45) is 0 Å². The Labute approximate surface area is 104 Å². The topological polar surface area (TPSA) is 35.5 Å². The summed E-state index contributed by atoms with van der Waals surface area (Å²) in [6.45, 7) is 0. The Balaban J connectivity index is 2.12. The molecule has 2 rings (SSSR count). The summed E-state index contributed by atoms with van der Waals surface area (Å²) in [4.78, 5) is 11.3. The lowest BCUT2D eigenvalue weighted by atomic mass is 9.77. The van der Waals surface area contributed by atoms with Gasteiger partial charge in [0.15, 0.2) is 0 Å². The van der Waals surface area contributed by atoms with Crippen LogP contribution in [0.15, 0.2) is 18.2 Å². The number of carbonyl (C=O) groups excluding carboxylic acids is 1. The Morgan fingerprint density at radius 1 is 1.28 bits per heavy atom. The van der Waals surface area contributed by atoms with E-state index in [9.17, 15) is 13.6 Å². The summed E-state index contributed by atoms with van der Waals surface area (Å²) in [5, 5.41) is 0. The molecule has 0 bridgehead atoms. The third-order valence-electron chi connectivity index (χ3n) is 3.13. The maximum absolute atomic E-state index is 13.0. The molecule has 1 fully saturated rings. The molecule has 0 radical (unpaired) electrons. The number of carbonyl (C=O) groups is 1. The van der Waals surface area contributed by atoms with Crippen LogP contribution in [0.3, 0.4) is 0 Å². The van der Waals surface area contributed by atoms with Crippen LogP contribution in [0, 0.1) is 11.6 Å². The number of methoxy groups -OCH3 is 1. The van der Waals surface area contributed by atoms with Gasteiger partial charge in [-0.25, -0.2) is 8.78 Å². The molecule has 1 aromatic carbocycles. The van der Waals surface area contributed by atoms with Gasteiger partial charge >= 0.3 is 5.97 Å². The van der Waals surface area contributed by atoms with Gasteiger partial charge in [-0.15, -0.1) is 0 Å². The summed E-state index contributed by atoms with van der Waals surface area (Å²) in [7, 11) is 1.30. The predicted octanol–water partition coefficient (Wildman–Crippen LogP) is 2.83. The third-order valence-corrected chi connectivity index (χ3v) is 3.13. The van der Waals surface area contributed by atoms with Gasteiger partial charge in [-0.2, -0.15) is 0 Å². The molecule has 98 valence electrons. The second-order valence-electron chi connectivity index (χ2n) is 4.50. The molecule has 1 saturated carbocycles. The SMILES string of the molecule is COC(=O)CC1(Oc2cc(F)cc(F)c2)CCC1. The highest BCUT2D eigenvalue weighted by Crippen LogP contribution is 2.39. The minimum absolute atomic E-state index is 0.0988. The van der Waals surface area contributed by atoms with Crippen LogP contribution >= 0.6 is 0 Å². The highest BCUT2D eigenvalue weighted by atomic mass is 19.1. The lowest BCUT2D eigenvalue weighted by Crippen LogP contribution is -2.45. The van der Waals surface area contributed by atoms with Gasteiger partial charge in [0.05, 0.1) is 13.5 Å². The number of hydrogen-bond donors (Lipinski definition) is 0. The fourth-order valence-electron chi connectivity index (χ4n) is 2.06. The molecule has 0 spiro atoms. The molecule has 1 aromatic rings. The first-order valence-corrected chi connectivity index (χ1v) is 5.75. The van der Waals surface area contributed by atoms with Gasteiger partial charge in [0.25, 0.3) is 0 Å². The minimum atomic E-state index is -0.697. The predicted molar refractivity (Wildman–Crippen MR) is 60.2 cm³/mol. The van der Waals surface area contributed by atoms with Crippen molar-refractivity contribution < 1.29 is 23.0 Å². The molecule has 0 atom stereocenters. The lowest BCUT2D eigenvalue weighted by molar-refractivity contribution is -0.148. The molecule has 0 heterocycles. The maximum atomic E-state index is 13.0. The first kappa shape index (κ1) is 12.8. The molecule has 0 aromatic heterocycles. The van der Waals surface area contributed by atoms with E-state index >= 15 is 0 Å². The molecule has 1 aliphatic rings. The van der Waals surface area contributed by atoms with E-state index in [0.717, 1.165) is 24.6 Å². The quantitative estimate of drug-likeness (QED) is 0.777. The van der Waals surface area contributed by atoms with Gasteiger partial charge in [0.2, 0.25) is 0 Å². The number of hydrogen-bond acceptors (Lipinski definition) is 3. The maximum Gasteiger partial charge on any atom is 0.309 e. The molecule has 0 unspecified atom stereocenters. The van der Waals surface area contributed by atoms with Gasteiger partial charge < -0.3 is 9.47 Å². The van der Waals surface area contributed by atoms with Crippen LogP contribution in [0.2, 0.25) is 0 Å². The molecule has 0 N–H and O–H groups in total. The van der Waals surface area contributed by atoms with E-state index in [1.807, 2.05) is 0 Å². The van der Waals surface area contributed by atoms with E-state index in [4.69, 9.17) is 4.74 Å². The average molecular weight is 256 g/mol. The first-order valence-electron chi connectivity index (χ1n) is 5.75. The summed E-state index contributed by atoms with van der Waals surface area (Å²) >= 11 is 0. The van der Waals surface area contributed by atoms with Crippen molar-refractivity contribution in [2.45, 2.75) is 31.3 Å². The second kappa shape index (κ2) is 4.92. The van der Waals surface area contributed by atoms with E-state index in [1.165, 1.54) is 7.11 Å². The highest BCUT2D eigenvalue weighted by molar-refractivity contribution is 5.70. The molecule has 1 aliphatic carbocycles. The minimum Gasteiger partial charge on any atom is -0.486 e. The van der Waals surface area contributed by atoms with Crippen molar-refractivity contribution in [1.82, 2.24) is 0 Å². The van der Waals surface area contributed by atoms with Gasteiger partial charge in [-0.3, -0.25) is 4.79 Å². The van der Waals surface area contributed by atoms with Gasteiger partial charge in [-0.05, 0) is 19.3 Å². The standard InChI is InChI=1S/C13H14F2O3/c1-17-12(16)8-13(3-2-4-13)18-11-6-9(14)5-10(15)7-11/h5-7H,2-4,8H2,1H3. The van der Waals surface area contributed by atoms with Crippen molar-refractivity contribution in [1.29, 1.82) is 0 Å². The number of benzene rings is 1.